The number of hydrogen-bond acceptors (Lipinski definition) is 4. The molecule has 2 aromatic heterocycles. The molecule has 0 unspecified atom stereocenters. The molecule has 0 aliphatic rings. The van der Waals surface area contributed by atoms with Crippen LogP contribution in [0.2, 0.25) is 20.1 Å². The molecule has 0 saturated carbocycles. The molecular weight excluding hydrogens is 498 g/mol. The first kappa shape index (κ1) is 20.6. The van der Waals surface area contributed by atoms with Crippen molar-refractivity contribution < 1.29 is 9.21 Å². The summed E-state index contributed by atoms with van der Waals surface area (Å²) in [5.74, 6) is 0.0266. The van der Waals surface area contributed by atoms with Crippen molar-refractivity contribution in [1.29, 1.82) is 0 Å². The number of hydrogen-bond donors (Lipinski definition) is 1. The Hall–Kier alpha value is -2.28. The van der Waals surface area contributed by atoms with Crippen LogP contribution in [0.5, 0.6) is 0 Å². The van der Waals surface area contributed by atoms with Gasteiger partial charge in [0.05, 0.1) is 15.6 Å². The maximum atomic E-state index is 12.8. The highest BCUT2D eigenvalue weighted by Crippen LogP contribution is 2.37. The van der Waals surface area contributed by atoms with Gasteiger partial charge in [0, 0.05) is 25.8 Å². The monoisotopic (exact) mass is 506 g/mol. The predicted octanol–water partition coefficient (Wildman–Crippen LogP) is 8.58. The van der Waals surface area contributed by atoms with Crippen LogP contribution in [-0.2, 0) is 0 Å². The molecule has 2 heterocycles. The highest BCUT2D eigenvalue weighted by molar-refractivity contribution is 7.21. The number of halogens is 4. The third kappa shape index (κ3) is 3.88. The molecule has 4 nitrogen and oxygen atoms in total. The number of nitrogens with zero attached hydrogens (tertiary/aromatic N) is 1. The molecule has 1 N–H and O–H groups in total. The summed E-state index contributed by atoms with van der Waals surface area (Å²) in [6.07, 6.45) is 0. The van der Waals surface area contributed by atoms with Crippen molar-refractivity contribution in [2.75, 3.05) is 5.32 Å². The van der Waals surface area contributed by atoms with E-state index in [0.29, 0.717) is 53.2 Å². The van der Waals surface area contributed by atoms with E-state index in [-0.39, 0.29) is 5.91 Å². The Bertz CT molecular complexity index is 1490. The highest BCUT2D eigenvalue weighted by atomic mass is 35.5. The Morgan fingerprint density at radius 2 is 1.71 bits per heavy atom. The van der Waals surface area contributed by atoms with Crippen LogP contribution < -0.4 is 5.32 Å². The van der Waals surface area contributed by atoms with Gasteiger partial charge in [-0.1, -0.05) is 52.5 Å². The van der Waals surface area contributed by atoms with Gasteiger partial charge in [-0.3, -0.25) is 4.79 Å². The standard InChI is InChI=1S/C22H10Cl4N2O2S/c23-10-2-5-15(25)14(7-10)22-28-16-9-12(3-6-17(16)30-22)27-21(29)20-19(26)13-4-1-11(24)8-18(13)31-20/h1-9H,(H,27,29). The molecule has 9 heteroatoms. The van der Waals surface area contributed by atoms with Crippen molar-refractivity contribution in [1.82, 2.24) is 4.98 Å². The number of aromatic nitrogens is 1. The first-order valence-electron chi connectivity index (χ1n) is 8.94. The molecule has 0 radical (unpaired) electrons. The lowest BCUT2D eigenvalue weighted by atomic mass is 10.2. The Labute approximate surface area is 200 Å². The molecular formula is C22H10Cl4N2O2S. The maximum Gasteiger partial charge on any atom is 0.267 e. The summed E-state index contributed by atoms with van der Waals surface area (Å²) in [6, 6.07) is 15.6. The van der Waals surface area contributed by atoms with E-state index in [4.69, 9.17) is 50.8 Å². The quantitative estimate of drug-likeness (QED) is 0.266. The van der Waals surface area contributed by atoms with Crippen LogP contribution in [-0.4, -0.2) is 10.9 Å². The number of oxazole rings is 1. The summed E-state index contributed by atoms with van der Waals surface area (Å²) >= 11 is 26.1. The molecule has 154 valence electrons. The Kier molecular flexibility index (Phi) is 5.32. The first-order chi connectivity index (χ1) is 14.9. The van der Waals surface area contributed by atoms with Gasteiger partial charge in [0.2, 0.25) is 5.89 Å². The number of amides is 1. The lowest BCUT2D eigenvalue weighted by Gasteiger charge is -2.03. The van der Waals surface area contributed by atoms with Crippen LogP contribution in [0, 0.1) is 0 Å². The summed E-state index contributed by atoms with van der Waals surface area (Å²) < 4.78 is 6.65. The van der Waals surface area contributed by atoms with Gasteiger partial charge in [-0.2, -0.15) is 0 Å². The van der Waals surface area contributed by atoms with Gasteiger partial charge < -0.3 is 9.73 Å². The number of nitrogens with one attached hydrogen (secondary N) is 1. The minimum atomic E-state index is -0.316. The van der Waals surface area contributed by atoms with Crippen LogP contribution in [0.25, 0.3) is 32.6 Å². The SMILES string of the molecule is O=C(Nc1ccc2oc(-c3cc(Cl)ccc3Cl)nc2c1)c1sc2cc(Cl)ccc2c1Cl. The van der Waals surface area contributed by atoms with E-state index in [1.807, 2.05) is 0 Å². The fourth-order valence-electron chi connectivity index (χ4n) is 3.15. The second-order valence-corrected chi connectivity index (χ2v) is 9.38. The van der Waals surface area contributed by atoms with E-state index in [1.165, 1.54) is 11.3 Å². The minimum absolute atomic E-state index is 0.316. The summed E-state index contributed by atoms with van der Waals surface area (Å²) in [5, 5.41) is 5.63. The van der Waals surface area contributed by atoms with Crippen molar-refractivity contribution in [2.24, 2.45) is 0 Å². The van der Waals surface area contributed by atoms with Gasteiger partial charge >= 0.3 is 0 Å². The van der Waals surface area contributed by atoms with Crippen molar-refractivity contribution in [2.45, 2.75) is 0 Å². The molecule has 31 heavy (non-hydrogen) atoms. The Balaban J connectivity index is 1.46. The maximum absolute atomic E-state index is 12.8. The Morgan fingerprint density at radius 3 is 2.55 bits per heavy atom. The lowest BCUT2D eigenvalue weighted by Crippen LogP contribution is -2.10. The number of rotatable bonds is 3. The summed E-state index contributed by atoms with van der Waals surface area (Å²) in [7, 11) is 0. The van der Waals surface area contributed by atoms with E-state index in [0.717, 1.165) is 10.1 Å². The van der Waals surface area contributed by atoms with Gasteiger partial charge in [-0.15, -0.1) is 11.3 Å². The van der Waals surface area contributed by atoms with E-state index >= 15 is 0 Å². The molecule has 0 aliphatic carbocycles. The number of anilines is 1. The number of fused-ring (bicyclic) bond motifs is 2. The zero-order chi connectivity index (χ0) is 21.7. The second kappa shape index (κ2) is 8.01. The molecule has 0 aliphatic heterocycles. The number of benzene rings is 3. The van der Waals surface area contributed by atoms with Gasteiger partial charge in [0.1, 0.15) is 10.4 Å². The molecule has 0 saturated heterocycles. The third-order valence-corrected chi connectivity index (χ3v) is 7.06. The van der Waals surface area contributed by atoms with Crippen LogP contribution >= 0.6 is 57.7 Å². The first-order valence-corrected chi connectivity index (χ1v) is 11.3. The minimum Gasteiger partial charge on any atom is -0.436 e. The van der Waals surface area contributed by atoms with E-state index in [1.54, 1.807) is 54.6 Å². The molecule has 1 amide bonds. The summed E-state index contributed by atoms with van der Waals surface area (Å²) in [4.78, 5) is 17.7. The fourth-order valence-corrected chi connectivity index (χ4v) is 5.21. The molecule has 0 atom stereocenters. The predicted molar refractivity (Wildman–Crippen MR) is 129 cm³/mol. The largest absolute Gasteiger partial charge is 0.436 e. The summed E-state index contributed by atoms with van der Waals surface area (Å²) in [5.41, 5.74) is 2.27. The van der Waals surface area contributed by atoms with Crippen LogP contribution in [0.15, 0.2) is 59.0 Å². The summed E-state index contributed by atoms with van der Waals surface area (Å²) in [6.45, 7) is 0. The number of carbonyl (C=O) groups excluding carboxylic acids is 1. The average Bonchev–Trinajstić information content (AvgIpc) is 3.30. The van der Waals surface area contributed by atoms with Crippen molar-refractivity contribution in [3.05, 3.63) is 79.6 Å². The van der Waals surface area contributed by atoms with Crippen molar-refractivity contribution in [3.8, 4) is 11.5 Å². The van der Waals surface area contributed by atoms with E-state index < -0.39 is 0 Å². The van der Waals surface area contributed by atoms with Gasteiger partial charge in [-0.25, -0.2) is 4.98 Å². The highest BCUT2D eigenvalue weighted by Gasteiger charge is 2.18. The smallest absolute Gasteiger partial charge is 0.267 e. The Morgan fingerprint density at radius 1 is 0.935 bits per heavy atom. The van der Waals surface area contributed by atoms with Gasteiger partial charge in [0.25, 0.3) is 5.91 Å². The molecule has 5 aromatic rings. The van der Waals surface area contributed by atoms with Gasteiger partial charge in [0.15, 0.2) is 5.58 Å². The number of thiophene rings is 1. The van der Waals surface area contributed by atoms with Crippen LogP contribution in [0.1, 0.15) is 9.67 Å². The normalized spacial score (nSPS) is 11.4. The van der Waals surface area contributed by atoms with Gasteiger partial charge in [-0.05, 0) is 48.5 Å². The zero-order valence-corrected chi connectivity index (χ0v) is 19.2. The van der Waals surface area contributed by atoms with Crippen LogP contribution in [0.3, 0.4) is 0 Å². The van der Waals surface area contributed by atoms with E-state index in [2.05, 4.69) is 10.3 Å². The fraction of sp³-hybridized carbons (Fsp3) is 0. The molecule has 0 fully saturated rings. The average molecular weight is 508 g/mol. The molecule has 0 spiro atoms. The second-order valence-electron chi connectivity index (χ2n) is 6.67. The van der Waals surface area contributed by atoms with Crippen molar-refractivity contribution >= 4 is 90.5 Å². The lowest BCUT2D eigenvalue weighted by molar-refractivity contribution is 0.103. The molecule has 5 rings (SSSR count). The third-order valence-electron chi connectivity index (χ3n) is 4.60. The van der Waals surface area contributed by atoms with Crippen LogP contribution in [0.4, 0.5) is 5.69 Å². The number of carbonyl (C=O) groups is 1. The van der Waals surface area contributed by atoms with E-state index in [9.17, 15) is 4.79 Å². The molecule has 3 aromatic carbocycles. The van der Waals surface area contributed by atoms with Crippen molar-refractivity contribution in [3.63, 3.8) is 0 Å². The zero-order valence-electron chi connectivity index (χ0n) is 15.4. The molecule has 0 bridgehead atoms. The topological polar surface area (TPSA) is 55.1 Å².